The van der Waals surface area contributed by atoms with Crippen LogP contribution in [0.15, 0.2) is 0 Å². The topological polar surface area (TPSA) is 12.0 Å². The highest BCUT2D eigenvalue weighted by Crippen LogP contribution is 1.86. The van der Waals surface area contributed by atoms with Crippen LogP contribution < -0.4 is 4.94 Å². The first kappa shape index (κ1) is 5.24. The van der Waals surface area contributed by atoms with Crippen molar-refractivity contribution in [1.82, 2.24) is 4.94 Å². The molecule has 32 valence electrons. The Morgan fingerprint density at radius 2 is 2.60 bits per heavy atom. The fraction of sp³-hybridized carbons (Fsp3) is 1.00. The van der Waals surface area contributed by atoms with Gasteiger partial charge in [-0.25, -0.2) is 0 Å². The second kappa shape index (κ2) is 4.24. The maximum absolute atomic E-state index is 10.7. The van der Waals surface area contributed by atoms with Crippen LogP contribution in [-0.2, 0) is 0 Å². The first-order valence-corrected chi connectivity index (χ1v) is 2.37. The van der Waals surface area contributed by atoms with Crippen molar-refractivity contribution in [2.75, 3.05) is 5.75 Å². The zero-order valence-corrected chi connectivity index (χ0v) is 3.81. The average molecular weight is 95.1 g/mol. The van der Waals surface area contributed by atoms with Crippen LogP contribution in [0.5, 0.6) is 0 Å². The third-order valence-electron chi connectivity index (χ3n) is 0.199. The summed E-state index contributed by atoms with van der Waals surface area (Å²) in [6.07, 6.45) is 0. The number of rotatable bonds is 2. The highest BCUT2D eigenvalue weighted by molar-refractivity contribution is 7.97. The van der Waals surface area contributed by atoms with Gasteiger partial charge >= 0.3 is 0 Å². The molecule has 0 unspecified atom stereocenters. The minimum Gasteiger partial charge on any atom is -0.126 e. The van der Waals surface area contributed by atoms with E-state index < -0.39 is 0 Å². The molecule has 0 aromatic carbocycles. The molecule has 0 aliphatic rings. The van der Waals surface area contributed by atoms with Crippen molar-refractivity contribution in [2.45, 2.75) is 6.92 Å². The van der Waals surface area contributed by atoms with Crippen LogP contribution in [0.2, 0.25) is 0 Å². The molecule has 0 aliphatic carbocycles. The summed E-state index contributed by atoms with van der Waals surface area (Å²) < 4.78 is 10.7. The molecular weight excluding hydrogens is 89.1 g/mol. The highest BCUT2D eigenvalue weighted by Gasteiger charge is 1.68. The summed E-state index contributed by atoms with van der Waals surface area (Å²) in [5.74, 6) is 0.774. The van der Waals surface area contributed by atoms with Crippen molar-refractivity contribution in [1.29, 1.82) is 0 Å². The van der Waals surface area contributed by atoms with Gasteiger partial charge in [0.05, 0.1) is 0 Å². The molecule has 0 spiro atoms. The second-order valence-corrected chi connectivity index (χ2v) is 1.53. The Kier molecular flexibility index (Phi) is 4.44. The summed E-state index contributed by atoms with van der Waals surface area (Å²) in [5.41, 5.74) is 0. The number of nitrogens with one attached hydrogen (secondary N) is 1. The van der Waals surface area contributed by atoms with Gasteiger partial charge in [-0.1, -0.05) is 18.9 Å². The van der Waals surface area contributed by atoms with E-state index in [4.69, 9.17) is 0 Å². The molecular formula is C2H6FNS. The monoisotopic (exact) mass is 95.0 g/mol. The van der Waals surface area contributed by atoms with Crippen molar-refractivity contribution in [2.24, 2.45) is 0 Å². The third kappa shape index (κ3) is 4.24. The van der Waals surface area contributed by atoms with Crippen LogP contribution in [0.1, 0.15) is 6.92 Å². The largest absolute Gasteiger partial charge is 0.126 e. The minimum atomic E-state index is 0.774. The van der Waals surface area contributed by atoms with Gasteiger partial charge in [-0.15, -0.1) is 9.43 Å². The van der Waals surface area contributed by atoms with Crippen LogP contribution in [0.4, 0.5) is 4.48 Å². The molecule has 0 aromatic rings. The average Bonchev–Trinajstić information content (AvgIpc) is 1.41. The Hall–Kier alpha value is 0.240. The normalized spacial score (nSPS) is 8.40. The molecule has 0 radical (unpaired) electrons. The molecule has 0 amide bonds. The van der Waals surface area contributed by atoms with Crippen molar-refractivity contribution in [3.63, 3.8) is 0 Å². The molecule has 0 saturated carbocycles. The lowest BCUT2D eigenvalue weighted by Gasteiger charge is -1.79. The van der Waals surface area contributed by atoms with Gasteiger partial charge in [0.25, 0.3) is 0 Å². The Morgan fingerprint density at radius 3 is 2.60 bits per heavy atom. The molecule has 1 nitrogen and oxygen atoms in total. The molecule has 0 aromatic heterocycles. The lowest BCUT2D eigenvalue weighted by Crippen LogP contribution is -1.81. The van der Waals surface area contributed by atoms with Gasteiger partial charge in [-0.3, -0.25) is 0 Å². The number of hydrogen-bond donors (Lipinski definition) is 1. The van der Waals surface area contributed by atoms with Crippen LogP contribution in [0.25, 0.3) is 0 Å². The van der Waals surface area contributed by atoms with Crippen LogP contribution in [-0.4, -0.2) is 5.75 Å². The summed E-state index contributed by atoms with van der Waals surface area (Å²) >= 11 is 1.05. The van der Waals surface area contributed by atoms with E-state index in [1.807, 2.05) is 6.92 Å². The van der Waals surface area contributed by atoms with Gasteiger partial charge in [0, 0.05) is 5.75 Å². The lowest BCUT2D eigenvalue weighted by atomic mass is 11.0. The van der Waals surface area contributed by atoms with Crippen LogP contribution in [0, 0.1) is 0 Å². The van der Waals surface area contributed by atoms with Gasteiger partial charge in [0.1, 0.15) is 0 Å². The molecule has 3 heteroatoms. The first-order chi connectivity index (χ1) is 2.41. The van der Waals surface area contributed by atoms with Gasteiger partial charge in [-0.2, -0.15) is 0 Å². The van der Waals surface area contributed by atoms with E-state index in [0.717, 1.165) is 17.7 Å². The van der Waals surface area contributed by atoms with Crippen molar-refractivity contribution in [3.05, 3.63) is 0 Å². The molecule has 5 heavy (non-hydrogen) atoms. The van der Waals surface area contributed by atoms with E-state index in [1.54, 1.807) is 0 Å². The number of halogens is 1. The summed E-state index contributed by atoms with van der Waals surface area (Å²) in [6, 6.07) is 0. The van der Waals surface area contributed by atoms with Crippen LogP contribution >= 0.6 is 11.9 Å². The summed E-state index contributed by atoms with van der Waals surface area (Å²) in [5, 5.41) is 0. The summed E-state index contributed by atoms with van der Waals surface area (Å²) in [7, 11) is 0. The predicted molar refractivity (Wildman–Crippen MR) is 22.4 cm³/mol. The van der Waals surface area contributed by atoms with Crippen molar-refractivity contribution in [3.8, 4) is 0 Å². The Balaban J connectivity index is 2.19. The zero-order valence-electron chi connectivity index (χ0n) is 2.99. The van der Waals surface area contributed by atoms with Crippen LogP contribution in [0.3, 0.4) is 0 Å². The van der Waals surface area contributed by atoms with Gasteiger partial charge in [-0.05, 0) is 0 Å². The van der Waals surface area contributed by atoms with E-state index in [2.05, 4.69) is 0 Å². The van der Waals surface area contributed by atoms with Gasteiger partial charge in [0.15, 0.2) is 0 Å². The summed E-state index contributed by atoms with van der Waals surface area (Å²) in [4.78, 5) is 1.43. The Morgan fingerprint density at radius 1 is 2.00 bits per heavy atom. The first-order valence-electron chi connectivity index (χ1n) is 1.39. The van der Waals surface area contributed by atoms with E-state index in [0.29, 0.717) is 0 Å². The smallest absolute Gasteiger partial charge is 0.00742 e. The Labute approximate surface area is 35.0 Å². The standard InChI is InChI=1S/C2H6FNS/c1-2-5-4-3/h4H,2H2,1H3. The second-order valence-electron chi connectivity index (χ2n) is 0.510. The van der Waals surface area contributed by atoms with Crippen molar-refractivity contribution < 1.29 is 4.48 Å². The maximum atomic E-state index is 10.7. The minimum absolute atomic E-state index is 0.774. The highest BCUT2D eigenvalue weighted by atomic mass is 32.2. The van der Waals surface area contributed by atoms with Crippen molar-refractivity contribution >= 4 is 11.9 Å². The predicted octanol–water partition coefficient (Wildman–Crippen LogP) is 1.13. The van der Waals surface area contributed by atoms with E-state index in [1.165, 1.54) is 4.94 Å². The molecule has 0 atom stereocenters. The SMILES string of the molecule is CCSNF. The van der Waals surface area contributed by atoms with Gasteiger partial charge < -0.3 is 0 Å². The summed E-state index contributed by atoms with van der Waals surface area (Å²) in [6.45, 7) is 1.87. The van der Waals surface area contributed by atoms with E-state index >= 15 is 0 Å². The third-order valence-corrected chi connectivity index (χ3v) is 0.597. The molecule has 0 aliphatic heterocycles. The molecule has 1 N–H and O–H groups in total. The van der Waals surface area contributed by atoms with Gasteiger partial charge in [0.2, 0.25) is 0 Å². The fourth-order valence-electron chi connectivity index (χ4n) is 0.0546. The van der Waals surface area contributed by atoms with E-state index in [9.17, 15) is 4.48 Å². The molecule has 0 saturated heterocycles. The number of hydrogen-bond acceptors (Lipinski definition) is 2. The molecule has 0 fully saturated rings. The zero-order chi connectivity index (χ0) is 4.12. The lowest BCUT2D eigenvalue weighted by molar-refractivity contribution is 0.465. The maximum Gasteiger partial charge on any atom is 0.00742 e. The molecule has 0 heterocycles. The van der Waals surface area contributed by atoms with E-state index in [-0.39, 0.29) is 0 Å². The fourth-order valence-corrected chi connectivity index (χ4v) is 0.164. The molecule has 0 bridgehead atoms. The quantitative estimate of drug-likeness (QED) is 0.407. The molecule has 0 rings (SSSR count). The Bertz CT molecular complexity index is 17.1.